The monoisotopic (exact) mass is 323 g/mol. The van der Waals surface area contributed by atoms with Crippen molar-refractivity contribution < 1.29 is 0 Å². The Hall–Kier alpha value is -0.120. The highest BCUT2D eigenvalue weighted by atomic mass is 32.2. The molecule has 1 aliphatic heterocycles. The molecule has 2 rings (SSSR count). The van der Waals surface area contributed by atoms with Crippen molar-refractivity contribution in [3.05, 3.63) is 34.9 Å². The Balaban J connectivity index is 2.25. The van der Waals surface area contributed by atoms with E-state index >= 15 is 0 Å². The van der Waals surface area contributed by atoms with Gasteiger partial charge in [0.1, 0.15) is 0 Å². The maximum Gasteiger partial charge on any atom is 0.0451 e. The summed E-state index contributed by atoms with van der Waals surface area (Å²) in [5.74, 6) is 2.61. The van der Waals surface area contributed by atoms with E-state index < -0.39 is 0 Å². The third kappa shape index (κ3) is 4.43. The lowest BCUT2D eigenvalue weighted by molar-refractivity contribution is 0.497. The number of rotatable bonds is 6. The molecule has 1 saturated heterocycles. The van der Waals surface area contributed by atoms with Crippen LogP contribution in [0.3, 0.4) is 0 Å². The van der Waals surface area contributed by atoms with Crippen molar-refractivity contribution in [1.29, 1.82) is 0 Å². The van der Waals surface area contributed by atoms with E-state index in [1.807, 2.05) is 0 Å². The first-order valence-corrected chi connectivity index (χ1v) is 10.3. The smallest absolute Gasteiger partial charge is 0.0451 e. The van der Waals surface area contributed by atoms with Crippen LogP contribution in [0.2, 0.25) is 0 Å². The van der Waals surface area contributed by atoms with Gasteiger partial charge in [0, 0.05) is 28.0 Å². The average Bonchev–Trinajstić information content (AvgIpc) is 2.51. The predicted octanol–water partition coefficient (Wildman–Crippen LogP) is 4.97. The highest BCUT2D eigenvalue weighted by molar-refractivity contribution is 8.07. The van der Waals surface area contributed by atoms with Gasteiger partial charge >= 0.3 is 0 Å². The van der Waals surface area contributed by atoms with Gasteiger partial charge in [0.25, 0.3) is 0 Å². The maximum absolute atomic E-state index is 3.83. The van der Waals surface area contributed by atoms with Crippen LogP contribution >= 0.6 is 23.5 Å². The zero-order valence-electron chi connectivity index (χ0n) is 13.8. The van der Waals surface area contributed by atoms with Crippen LogP contribution in [-0.2, 0) is 0 Å². The molecule has 1 aliphatic rings. The second kappa shape index (κ2) is 8.50. The van der Waals surface area contributed by atoms with E-state index in [4.69, 9.17) is 0 Å². The molecule has 3 atom stereocenters. The van der Waals surface area contributed by atoms with E-state index in [0.717, 1.165) is 11.8 Å². The van der Waals surface area contributed by atoms with Gasteiger partial charge in [-0.05, 0) is 49.9 Å². The Bertz CT molecular complexity index is 447. The number of nitrogens with one attached hydrogen (secondary N) is 1. The van der Waals surface area contributed by atoms with Gasteiger partial charge in [-0.15, -0.1) is 0 Å². The molecule has 0 radical (unpaired) electrons. The van der Waals surface area contributed by atoms with E-state index in [2.05, 4.69) is 74.7 Å². The van der Waals surface area contributed by atoms with Crippen molar-refractivity contribution in [2.45, 2.75) is 57.1 Å². The first-order valence-electron chi connectivity index (χ1n) is 8.21. The van der Waals surface area contributed by atoms with Crippen LogP contribution < -0.4 is 5.32 Å². The fraction of sp³-hybridized carbons (Fsp3) is 0.667. The van der Waals surface area contributed by atoms with Gasteiger partial charge < -0.3 is 5.32 Å². The molecule has 0 bridgehead atoms. The minimum atomic E-state index is 0.493. The Morgan fingerprint density at radius 1 is 1.14 bits per heavy atom. The second-order valence-corrected chi connectivity index (χ2v) is 8.56. The molecule has 0 spiro atoms. The first-order chi connectivity index (χ1) is 10.2. The van der Waals surface area contributed by atoms with E-state index in [9.17, 15) is 0 Å². The summed E-state index contributed by atoms with van der Waals surface area (Å²) in [4.78, 5) is 0. The Morgan fingerprint density at radius 2 is 1.90 bits per heavy atom. The lowest BCUT2D eigenvalue weighted by atomic mass is 9.96. The topological polar surface area (TPSA) is 12.0 Å². The van der Waals surface area contributed by atoms with Crippen LogP contribution in [0.4, 0.5) is 0 Å². The highest BCUT2D eigenvalue weighted by Crippen LogP contribution is 2.40. The molecule has 1 aromatic carbocycles. The van der Waals surface area contributed by atoms with Crippen molar-refractivity contribution in [2.24, 2.45) is 0 Å². The lowest BCUT2D eigenvalue weighted by Gasteiger charge is -2.37. The van der Waals surface area contributed by atoms with Crippen LogP contribution in [0.5, 0.6) is 0 Å². The third-order valence-electron chi connectivity index (χ3n) is 4.33. The summed E-state index contributed by atoms with van der Waals surface area (Å²) < 4.78 is 0. The van der Waals surface area contributed by atoms with Crippen LogP contribution in [-0.4, -0.2) is 28.6 Å². The van der Waals surface area contributed by atoms with Crippen LogP contribution in [0.1, 0.15) is 49.4 Å². The van der Waals surface area contributed by atoms with Crippen molar-refractivity contribution in [2.75, 3.05) is 18.1 Å². The minimum Gasteiger partial charge on any atom is -0.309 e. The Morgan fingerprint density at radius 3 is 2.57 bits per heavy atom. The van der Waals surface area contributed by atoms with Gasteiger partial charge in [0.2, 0.25) is 0 Å². The van der Waals surface area contributed by atoms with Crippen LogP contribution in [0.15, 0.2) is 18.2 Å². The third-order valence-corrected chi connectivity index (χ3v) is 7.68. The summed E-state index contributed by atoms with van der Waals surface area (Å²) in [6.45, 7) is 10.1. The molecule has 3 heteroatoms. The summed E-state index contributed by atoms with van der Waals surface area (Å²) in [7, 11) is 0. The SMILES string of the molecule is CCCNC(c1ccc(C)c(C)c1)C1SCCSC1CC. The number of hydrogen-bond donors (Lipinski definition) is 1. The molecule has 1 heterocycles. The molecule has 0 amide bonds. The summed E-state index contributed by atoms with van der Waals surface area (Å²) in [6.07, 6.45) is 2.47. The number of benzene rings is 1. The van der Waals surface area contributed by atoms with Crippen molar-refractivity contribution in [3.8, 4) is 0 Å². The second-order valence-electron chi connectivity index (χ2n) is 5.93. The van der Waals surface area contributed by atoms with Crippen molar-refractivity contribution in [3.63, 3.8) is 0 Å². The molecule has 0 aliphatic carbocycles. The van der Waals surface area contributed by atoms with E-state index in [1.165, 1.54) is 41.0 Å². The zero-order chi connectivity index (χ0) is 15.2. The van der Waals surface area contributed by atoms with E-state index in [-0.39, 0.29) is 0 Å². The molecular formula is C18H29NS2. The van der Waals surface area contributed by atoms with Crippen LogP contribution in [0, 0.1) is 13.8 Å². The number of thioether (sulfide) groups is 2. The molecule has 0 saturated carbocycles. The standard InChI is InChI=1S/C18H29NS2/c1-5-9-19-17(15-8-7-13(3)14(4)12-15)18-16(6-2)20-10-11-21-18/h7-8,12,16-19H,5-6,9-11H2,1-4H3. The van der Waals surface area contributed by atoms with E-state index in [0.29, 0.717) is 11.3 Å². The lowest BCUT2D eigenvalue weighted by Crippen LogP contribution is -2.39. The molecule has 1 aromatic rings. The van der Waals surface area contributed by atoms with Gasteiger partial charge in [-0.25, -0.2) is 0 Å². The van der Waals surface area contributed by atoms with Gasteiger partial charge in [-0.3, -0.25) is 0 Å². The number of hydrogen-bond acceptors (Lipinski definition) is 3. The molecule has 3 unspecified atom stereocenters. The molecule has 1 fully saturated rings. The van der Waals surface area contributed by atoms with Crippen LogP contribution in [0.25, 0.3) is 0 Å². The van der Waals surface area contributed by atoms with Gasteiger partial charge in [-0.1, -0.05) is 32.0 Å². The number of aryl methyl sites for hydroxylation is 2. The van der Waals surface area contributed by atoms with Crippen molar-refractivity contribution in [1.82, 2.24) is 5.32 Å². The summed E-state index contributed by atoms with van der Waals surface area (Å²) in [5, 5.41) is 5.31. The Labute approximate surface area is 139 Å². The van der Waals surface area contributed by atoms with Gasteiger partial charge in [-0.2, -0.15) is 23.5 Å². The maximum atomic E-state index is 3.83. The molecule has 0 aromatic heterocycles. The largest absolute Gasteiger partial charge is 0.309 e. The predicted molar refractivity (Wildman–Crippen MR) is 99.7 cm³/mol. The average molecular weight is 324 g/mol. The fourth-order valence-corrected chi connectivity index (χ4v) is 6.18. The van der Waals surface area contributed by atoms with E-state index in [1.54, 1.807) is 0 Å². The normalized spacial score (nSPS) is 24.0. The summed E-state index contributed by atoms with van der Waals surface area (Å²) >= 11 is 4.35. The molecule has 21 heavy (non-hydrogen) atoms. The highest BCUT2D eigenvalue weighted by Gasteiger charge is 2.32. The zero-order valence-corrected chi connectivity index (χ0v) is 15.4. The van der Waals surface area contributed by atoms with Crippen molar-refractivity contribution >= 4 is 23.5 Å². The molecule has 1 N–H and O–H groups in total. The molecular weight excluding hydrogens is 294 g/mol. The van der Waals surface area contributed by atoms with Gasteiger partial charge in [0.15, 0.2) is 0 Å². The minimum absolute atomic E-state index is 0.493. The molecule has 118 valence electrons. The Kier molecular flexibility index (Phi) is 6.97. The summed E-state index contributed by atoms with van der Waals surface area (Å²) in [6, 6.07) is 7.51. The molecule has 1 nitrogen and oxygen atoms in total. The first kappa shape index (κ1) is 17.2. The quantitative estimate of drug-likeness (QED) is 0.793. The fourth-order valence-electron chi connectivity index (χ4n) is 2.93. The van der Waals surface area contributed by atoms with Gasteiger partial charge in [0.05, 0.1) is 0 Å². The summed E-state index contributed by atoms with van der Waals surface area (Å²) in [5.41, 5.74) is 4.29.